The van der Waals surface area contributed by atoms with Crippen molar-refractivity contribution >= 4 is 46.9 Å². The van der Waals surface area contributed by atoms with Crippen LogP contribution in [0.25, 0.3) is 4.98 Å². The first kappa shape index (κ1) is 36.3. The summed E-state index contributed by atoms with van der Waals surface area (Å²) in [6.07, 6.45) is 0. The van der Waals surface area contributed by atoms with Gasteiger partial charge in [0.05, 0.1) is 20.2 Å². The summed E-state index contributed by atoms with van der Waals surface area (Å²) in [5.41, 5.74) is 7.07. The molecule has 4 rings (SSSR count). The molecule has 46 heavy (non-hydrogen) atoms. The smallest absolute Gasteiger partial charge is 0.377 e. The average Bonchev–Trinajstić information content (AvgIpc) is 3.26. The third-order valence-corrected chi connectivity index (χ3v) is 16.6. The highest BCUT2D eigenvalue weighted by atomic mass is 31.1. The van der Waals surface area contributed by atoms with E-state index in [1.54, 1.807) is 0 Å². The van der Waals surface area contributed by atoms with Crippen LogP contribution in [-0.2, 0) is 8.33 Å². The van der Waals surface area contributed by atoms with Crippen molar-refractivity contribution in [3.05, 3.63) is 106 Å². The van der Waals surface area contributed by atoms with Gasteiger partial charge in [0.15, 0.2) is 8.32 Å². The zero-order valence-corrected chi connectivity index (χ0v) is 33.3. The number of hydrogen-bond donors (Lipinski definition) is 0. The van der Waals surface area contributed by atoms with Crippen LogP contribution in [-0.4, -0.2) is 21.6 Å². The number of nitrogens with zero attached hydrogens (tertiary/aromatic N) is 3. The van der Waals surface area contributed by atoms with Gasteiger partial charge in [0, 0.05) is 24.5 Å². The minimum atomic E-state index is -3.71. The number of benzene rings is 3. The second-order valence-corrected chi connectivity index (χ2v) is 23.7. The van der Waals surface area contributed by atoms with Crippen molar-refractivity contribution in [3.63, 3.8) is 0 Å². The number of rotatable bonds is 13. The molecule has 0 aliphatic heterocycles. The van der Waals surface area contributed by atoms with Crippen molar-refractivity contribution in [1.29, 1.82) is 0 Å². The van der Waals surface area contributed by atoms with Crippen LogP contribution >= 0.6 is 8.15 Å². The monoisotopic (exact) mass is 673 g/mol. The Balaban J connectivity index is 2.20. The summed E-state index contributed by atoms with van der Waals surface area (Å²) in [7, 11) is -7.29. The normalized spacial score (nSPS) is 13.8. The van der Waals surface area contributed by atoms with E-state index in [1.165, 1.54) is 22.5 Å². The van der Waals surface area contributed by atoms with E-state index in [0.717, 1.165) is 21.7 Å². The van der Waals surface area contributed by atoms with Crippen LogP contribution < -0.4 is 20.6 Å². The molecule has 248 valence electrons. The second kappa shape index (κ2) is 14.7. The highest BCUT2D eigenvalue weighted by Crippen LogP contribution is 2.47. The molecule has 0 N–H and O–H groups in total. The molecule has 8 heteroatoms. The molecule has 3 aromatic carbocycles. The summed E-state index contributed by atoms with van der Waals surface area (Å²) in [4.78, 5) is 6.02. The van der Waals surface area contributed by atoms with Gasteiger partial charge in [-0.15, -0.1) is 5.69 Å². The first-order valence-electron chi connectivity index (χ1n) is 16.9. The molecule has 0 unspecified atom stereocenters. The molecule has 0 aliphatic carbocycles. The van der Waals surface area contributed by atoms with E-state index in [1.807, 2.05) is 0 Å². The van der Waals surface area contributed by atoms with Crippen LogP contribution in [0.4, 0.5) is 5.69 Å². The van der Waals surface area contributed by atoms with Crippen LogP contribution in [0.15, 0.2) is 78.9 Å². The molecule has 1 aromatic heterocycles. The van der Waals surface area contributed by atoms with Crippen molar-refractivity contribution in [2.75, 3.05) is 0 Å². The second-order valence-electron chi connectivity index (χ2n) is 14.5. The van der Waals surface area contributed by atoms with Crippen LogP contribution in [0.3, 0.4) is 0 Å². The number of aromatic nitrogens is 2. The number of hydrogen-bond acceptors (Lipinski definition) is 2. The van der Waals surface area contributed by atoms with E-state index in [0.29, 0.717) is 11.8 Å². The summed E-state index contributed by atoms with van der Waals surface area (Å²) in [6.45, 7) is 29.5. The quantitative estimate of drug-likeness (QED) is 0.0806. The van der Waals surface area contributed by atoms with E-state index in [-0.39, 0.29) is 12.1 Å². The largest absolute Gasteiger partial charge is 0.633 e. The van der Waals surface area contributed by atoms with E-state index >= 15 is 0 Å². The predicted molar refractivity (Wildman–Crippen MR) is 202 cm³/mol. The molecule has 0 bridgehead atoms. The predicted octanol–water partition coefficient (Wildman–Crippen LogP) is 9.57. The Morgan fingerprint density at radius 3 is 1.57 bits per heavy atom. The summed E-state index contributed by atoms with van der Waals surface area (Å²) < 4.78 is 20.5. The topological polar surface area (TPSA) is 41.4 Å². The number of imidazole rings is 1. The van der Waals surface area contributed by atoms with Crippen LogP contribution in [0, 0.1) is 13.8 Å². The fourth-order valence-corrected chi connectivity index (χ4v) is 16.2. The highest BCUT2D eigenvalue weighted by molar-refractivity contribution is 7.69. The third-order valence-electron chi connectivity index (χ3n) is 8.26. The molecular weight excluding hydrogens is 618 g/mol. The standard InChI is InChI=1S/C38H56N3O2PSi2/c1-27(2)35-25-20-26-36(28(3)4)37(35)39-46(43-45(11,12)13,38-40(29(5)6)31(9)32(10)41(38)30(7)8)42-44(33-21-16-14-17-22-33)34-23-18-15-19-24-34/h14-30H,1-13H3/t46-/m1/s1. The van der Waals surface area contributed by atoms with Crippen LogP contribution in [0.1, 0.15) is 102 Å². The van der Waals surface area contributed by atoms with Gasteiger partial charge in [-0.2, -0.15) is 0 Å². The Kier molecular flexibility index (Phi) is 11.6. The van der Waals surface area contributed by atoms with Crippen molar-refractivity contribution in [2.24, 2.45) is 0 Å². The maximum Gasteiger partial charge on any atom is 0.377 e. The maximum absolute atomic E-state index is 7.90. The first-order chi connectivity index (χ1) is 21.6. The molecule has 0 spiro atoms. The van der Waals surface area contributed by atoms with Gasteiger partial charge in [-0.25, -0.2) is 9.13 Å². The third kappa shape index (κ3) is 7.77. The molecular formula is C38H56N3O2PSi2. The van der Waals surface area contributed by atoms with Gasteiger partial charge < -0.3 is 13.3 Å². The van der Waals surface area contributed by atoms with Gasteiger partial charge in [-0.3, -0.25) is 0 Å². The summed E-state index contributed by atoms with van der Waals surface area (Å²) in [6, 6.07) is 28.4. The molecule has 0 aliphatic rings. The lowest BCUT2D eigenvalue weighted by Crippen LogP contribution is -2.71. The summed E-state index contributed by atoms with van der Waals surface area (Å²) >= 11 is 0. The average molecular weight is 674 g/mol. The van der Waals surface area contributed by atoms with Gasteiger partial charge in [0.25, 0.3) is 5.45 Å². The Bertz CT molecular complexity index is 1500. The summed E-state index contributed by atoms with van der Waals surface area (Å²) in [5, 5.41) is 2.31. The molecule has 0 fully saturated rings. The minimum Gasteiger partial charge on any atom is -0.633 e. The molecule has 0 saturated heterocycles. The van der Waals surface area contributed by atoms with Crippen LogP contribution in [0.5, 0.6) is 0 Å². The SMILES string of the molecule is Cc1c(C)[n+](C(C)C)c([Si@@]([N-]c2c(C(C)C)cccc2C(C)C)(OP(c2ccccc2)c2ccccc2)O[Si](C)(C)C)n1C(C)C. The van der Waals surface area contributed by atoms with Gasteiger partial charge >= 0.3 is 8.72 Å². The Morgan fingerprint density at radius 2 is 1.17 bits per heavy atom. The molecule has 0 saturated carbocycles. The first-order valence-corrected chi connectivity index (χ1v) is 23.3. The Morgan fingerprint density at radius 1 is 0.696 bits per heavy atom. The minimum absolute atomic E-state index is 0.189. The molecule has 0 amide bonds. The molecule has 0 radical (unpaired) electrons. The van der Waals surface area contributed by atoms with E-state index in [4.69, 9.17) is 13.3 Å². The maximum atomic E-state index is 7.90. The van der Waals surface area contributed by atoms with Gasteiger partial charge in [0.1, 0.15) is 11.4 Å². The van der Waals surface area contributed by atoms with Crippen molar-refractivity contribution in [2.45, 2.75) is 113 Å². The van der Waals surface area contributed by atoms with Crippen molar-refractivity contribution < 1.29 is 12.9 Å². The molecule has 4 aromatic rings. The molecule has 5 nitrogen and oxygen atoms in total. The lowest BCUT2D eigenvalue weighted by molar-refractivity contribution is -0.705. The van der Waals surface area contributed by atoms with Gasteiger partial charge in [-0.1, -0.05) is 118 Å². The highest BCUT2D eigenvalue weighted by Gasteiger charge is 2.50. The zero-order valence-electron chi connectivity index (χ0n) is 30.4. The van der Waals surface area contributed by atoms with Gasteiger partial charge in [-0.05, 0) is 59.2 Å². The Labute approximate surface area is 282 Å². The molecule has 1 atom stereocenters. The fraction of sp³-hybridized carbons (Fsp3) is 0.447. The Hall–Kier alpha value is -2.55. The van der Waals surface area contributed by atoms with E-state index in [2.05, 4.69) is 177 Å². The lowest BCUT2D eigenvalue weighted by Gasteiger charge is -2.48. The fourth-order valence-electron chi connectivity index (χ4n) is 6.26. The van der Waals surface area contributed by atoms with Gasteiger partial charge in [0.2, 0.25) is 0 Å². The summed E-state index contributed by atoms with van der Waals surface area (Å²) in [5.74, 6) is 0.580. The van der Waals surface area contributed by atoms with E-state index in [9.17, 15) is 0 Å². The van der Waals surface area contributed by atoms with E-state index < -0.39 is 25.2 Å². The van der Waals surface area contributed by atoms with Crippen LogP contribution in [0.2, 0.25) is 19.6 Å². The molecule has 1 heterocycles. The van der Waals surface area contributed by atoms with Crippen molar-refractivity contribution in [1.82, 2.24) is 4.57 Å². The lowest BCUT2D eigenvalue weighted by atomic mass is 9.93. The zero-order chi connectivity index (χ0) is 34.0. The van der Waals surface area contributed by atoms with Crippen molar-refractivity contribution in [3.8, 4) is 0 Å².